The van der Waals surface area contributed by atoms with Crippen LogP contribution in [0.15, 0.2) is 11.6 Å². The lowest BCUT2D eigenvalue weighted by Gasteiger charge is -2.64. The van der Waals surface area contributed by atoms with E-state index in [1.54, 1.807) is 6.92 Å². The second-order valence-electron chi connectivity index (χ2n) is 17.2. The summed E-state index contributed by atoms with van der Waals surface area (Å²) in [5.41, 5.74) is -1.23. The molecule has 42 heavy (non-hydrogen) atoms. The molecule has 1 N–H and O–H groups in total. The Labute approximate surface area is 257 Å². The van der Waals surface area contributed by atoms with Gasteiger partial charge in [-0.1, -0.05) is 74.8 Å². The number of hydrogen-bond donors (Lipinski definition) is 1. The number of rotatable bonds is 13. The van der Waals surface area contributed by atoms with Crippen LogP contribution < -0.4 is 5.32 Å². The Kier molecular flexibility index (Phi) is 9.74. The average Bonchev–Trinajstić information content (AvgIpc) is 3.72. The fourth-order valence-electron chi connectivity index (χ4n) is 8.99. The molecule has 3 aliphatic rings. The van der Waals surface area contributed by atoms with Crippen LogP contribution in [0.1, 0.15) is 147 Å². The van der Waals surface area contributed by atoms with Gasteiger partial charge < -0.3 is 10.1 Å². The third kappa shape index (κ3) is 6.73. The lowest BCUT2D eigenvalue weighted by molar-refractivity contribution is -0.155. The van der Waals surface area contributed by atoms with E-state index < -0.39 is 10.8 Å². The van der Waals surface area contributed by atoms with Crippen molar-refractivity contribution in [2.45, 2.75) is 152 Å². The number of fused-ring (bicyclic) bond motifs is 1. The number of carbonyl (C=O) groups is 3. The minimum absolute atomic E-state index is 0.00257. The molecule has 2 fully saturated rings. The number of allylic oxidation sites excluding steroid dienone is 2. The second kappa shape index (κ2) is 11.9. The van der Waals surface area contributed by atoms with E-state index >= 15 is 0 Å². The maximum absolute atomic E-state index is 13.3. The Morgan fingerprint density at radius 3 is 2.10 bits per heavy atom. The molecule has 236 valence electrons. The fourth-order valence-corrected chi connectivity index (χ4v) is 8.99. The Morgan fingerprint density at radius 2 is 1.57 bits per heavy atom. The van der Waals surface area contributed by atoms with E-state index in [2.05, 4.69) is 66.8 Å². The van der Waals surface area contributed by atoms with Crippen molar-refractivity contribution < 1.29 is 14.4 Å². The highest BCUT2D eigenvalue weighted by molar-refractivity contribution is 6.04. The monoisotopic (exact) mass is 580 g/mol. The summed E-state index contributed by atoms with van der Waals surface area (Å²) in [5.74, 6) is 0.553. The average molecular weight is 581 g/mol. The van der Waals surface area contributed by atoms with Crippen molar-refractivity contribution in [3.63, 3.8) is 0 Å². The molecule has 0 aromatic carbocycles. The molecule has 0 aromatic rings. The van der Waals surface area contributed by atoms with Crippen LogP contribution in [0.4, 0.5) is 0 Å². The van der Waals surface area contributed by atoms with Crippen LogP contribution in [0.25, 0.3) is 0 Å². The number of hydrogen-bond acceptors (Lipinski definition) is 4. The summed E-state index contributed by atoms with van der Waals surface area (Å²) >= 11 is 0. The van der Waals surface area contributed by atoms with E-state index in [4.69, 9.17) is 0 Å². The first-order valence-electron chi connectivity index (χ1n) is 16.7. The number of Topliss-reactive ketones (excluding diaryl/α,β-unsaturated/α-hetero) is 2. The molecule has 0 bridgehead atoms. The zero-order chi connectivity index (χ0) is 31.9. The van der Waals surface area contributed by atoms with Gasteiger partial charge in [0, 0.05) is 23.3 Å². The quantitative estimate of drug-likeness (QED) is 0.236. The highest BCUT2D eigenvalue weighted by atomic mass is 16.2. The van der Waals surface area contributed by atoms with Gasteiger partial charge in [-0.2, -0.15) is 5.26 Å². The van der Waals surface area contributed by atoms with Crippen molar-refractivity contribution >= 4 is 17.5 Å². The molecule has 5 atom stereocenters. The van der Waals surface area contributed by atoms with Crippen molar-refractivity contribution in [1.29, 1.82) is 5.26 Å². The first kappa shape index (κ1) is 34.5. The molecule has 5 nitrogen and oxygen atoms in total. The van der Waals surface area contributed by atoms with Crippen LogP contribution in [-0.2, 0) is 14.4 Å². The zero-order valence-electron chi connectivity index (χ0n) is 28.8. The SMILES string of the molecule is CCCC(C)(C)CC[C@@](C)(CCC(C)(C)[C@]1(C)CC[C@H]2C(C)(C)C(=O)C(C#N)=C[C@]2(C)[C@H]1CC(C)=O)NC(=O)C1CC1. The minimum Gasteiger partial charge on any atom is -0.351 e. The number of carbonyl (C=O) groups excluding carboxylic acids is 3. The number of nitriles is 1. The molecule has 0 radical (unpaired) electrons. The summed E-state index contributed by atoms with van der Waals surface area (Å²) in [6.07, 6.45) is 12.3. The Balaban J connectivity index is 1.96. The van der Waals surface area contributed by atoms with Crippen LogP contribution in [0.2, 0.25) is 0 Å². The van der Waals surface area contributed by atoms with Crippen molar-refractivity contribution in [3.05, 3.63) is 11.6 Å². The zero-order valence-corrected chi connectivity index (χ0v) is 28.8. The first-order chi connectivity index (χ1) is 19.2. The van der Waals surface area contributed by atoms with Gasteiger partial charge in [-0.05, 0) is 105 Å². The predicted molar refractivity (Wildman–Crippen MR) is 170 cm³/mol. The normalized spacial score (nSPS) is 30.9. The van der Waals surface area contributed by atoms with Gasteiger partial charge in [0.25, 0.3) is 0 Å². The van der Waals surface area contributed by atoms with Gasteiger partial charge >= 0.3 is 0 Å². The number of ketones is 2. The summed E-state index contributed by atoms with van der Waals surface area (Å²) in [4.78, 5) is 39.2. The van der Waals surface area contributed by atoms with E-state index in [1.165, 1.54) is 6.42 Å². The molecule has 0 unspecified atom stereocenters. The highest BCUT2D eigenvalue weighted by Gasteiger charge is 2.63. The lowest BCUT2D eigenvalue weighted by Crippen LogP contribution is -2.60. The summed E-state index contributed by atoms with van der Waals surface area (Å²) in [5, 5.41) is 13.5. The van der Waals surface area contributed by atoms with Crippen molar-refractivity contribution in [2.75, 3.05) is 0 Å². The first-order valence-corrected chi connectivity index (χ1v) is 16.7. The Morgan fingerprint density at radius 1 is 0.976 bits per heavy atom. The molecule has 0 heterocycles. The summed E-state index contributed by atoms with van der Waals surface area (Å²) < 4.78 is 0. The molecule has 2 saturated carbocycles. The van der Waals surface area contributed by atoms with E-state index in [-0.39, 0.29) is 62.6 Å². The molecule has 0 spiro atoms. The van der Waals surface area contributed by atoms with Crippen molar-refractivity contribution in [2.24, 2.45) is 44.8 Å². The molecule has 3 rings (SSSR count). The molecular weight excluding hydrogens is 520 g/mol. The summed E-state index contributed by atoms with van der Waals surface area (Å²) in [7, 11) is 0. The molecule has 5 heteroatoms. The Bertz CT molecular complexity index is 1140. The molecule has 0 aliphatic heterocycles. The van der Waals surface area contributed by atoms with Gasteiger partial charge in [-0.3, -0.25) is 9.59 Å². The predicted octanol–water partition coefficient (Wildman–Crippen LogP) is 8.76. The fraction of sp³-hybridized carbons (Fsp3) is 0.838. The number of nitrogens with zero attached hydrogens (tertiary/aromatic N) is 1. The van der Waals surface area contributed by atoms with Gasteiger partial charge in [0.1, 0.15) is 11.9 Å². The minimum atomic E-state index is -0.647. The van der Waals surface area contributed by atoms with Gasteiger partial charge in [0.05, 0.1) is 5.57 Å². The van der Waals surface area contributed by atoms with Crippen LogP contribution in [-0.4, -0.2) is 23.0 Å². The number of nitrogens with one attached hydrogen (secondary N) is 1. The summed E-state index contributed by atoms with van der Waals surface area (Å²) in [6.45, 7) is 24.1. The molecule has 0 saturated heterocycles. The maximum Gasteiger partial charge on any atom is 0.223 e. The van der Waals surface area contributed by atoms with Crippen LogP contribution in [0.3, 0.4) is 0 Å². The lowest BCUT2D eigenvalue weighted by atomic mass is 9.39. The van der Waals surface area contributed by atoms with Crippen molar-refractivity contribution in [1.82, 2.24) is 5.32 Å². The molecule has 0 aromatic heterocycles. The third-order valence-electron chi connectivity index (χ3n) is 12.5. The number of amides is 1. The smallest absolute Gasteiger partial charge is 0.223 e. The maximum atomic E-state index is 13.3. The largest absolute Gasteiger partial charge is 0.351 e. The highest BCUT2D eigenvalue weighted by Crippen LogP contribution is 2.68. The van der Waals surface area contributed by atoms with Gasteiger partial charge in [-0.15, -0.1) is 0 Å². The van der Waals surface area contributed by atoms with E-state index in [0.717, 1.165) is 57.8 Å². The van der Waals surface area contributed by atoms with Gasteiger partial charge in [0.2, 0.25) is 5.91 Å². The van der Waals surface area contributed by atoms with Gasteiger partial charge in [-0.25, -0.2) is 0 Å². The van der Waals surface area contributed by atoms with Gasteiger partial charge in [0.15, 0.2) is 5.78 Å². The van der Waals surface area contributed by atoms with Crippen LogP contribution in [0.5, 0.6) is 0 Å². The summed E-state index contributed by atoms with van der Waals surface area (Å²) in [6, 6.07) is 2.21. The van der Waals surface area contributed by atoms with Crippen molar-refractivity contribution in [3.8, 4) is 6.07 Å². The Hall–Kier alpha value is -1.96. The molecule has 3 aliphatic carbocycles. The molecular formula is C37H60N2O3. The topological polar surface area (TPSA) is 87.0 Å². The van der Waals surface area contributed by atoms with E-state index in [9.17, 15) is 19.6 Å². The van der Waals surface area contributed by atoms with E-state index in [0.29, 0.717) is 6.42 Å². The second-order valence-corrected chi connectivity index (χ2v) is 17.2. The van der Waals surface area contributed by atoms with E-state index in [1.807, 2.05) is 19.9 Å². The van der Waals surface area contributed by atoms with Crippen LogP contribution in [0, 0.1) is 56.2 Å². The van der Waals surface area contributed by atoms with Crippen LogP contribution >= 0.6 is 0 Å². The standard InChI is InChI=1S/C37H60N2O3/c1-12-16-32(3,4)18-20-35(9,39-31(42)26-13-14-26)21-19-33(5,6)37(11)17-15-28-34(7,8)30(41)27(24-38)23-36(28,10)29(37)22-25(2)40/h23,26,28-29H,12-22H2,1-11H3,(H,39,42)/t28-,29+,35-,36-,37+/m0/s1. The molecule has 1 amide bonds. The third-order valence-corrected chi connectivity index (χ3v) is 12.5.